The molecule has 1 aliphatic rings. The van der Waals surface area contributed by atoms with Crippen LogP contribution in [0.2, 0.25) is 0 Å². The molecule has 0 bridgehead atoms. The van der Waals surface area contributed by atoms with E-state index in [4.69, 9.17) is 4.74 Å². The zero-order chi connectivity index (χ0) is 21.9. The summed E-state index contributed by atoms with van der Waals surface area (Å²) in [6, 6.07) is 18.2. The molecular weight excluding hydrogens is 517 g/mol. The van der Waals surface area contributed by atoms with Crippen molar-refractivity contribution in [3.05, 3.63) is 65.7 Å². The van der Waals surface area contributed by atoms with E-state index in [1.807, 2.05) is 48.5 Å². The first kappa shape index (κ1) is 25.9. The standard InChI is InChI=1S/C24H33N5O2.HI/c1-25-24(28-18-23(30)26-16-19-10-4-3-5-11-19)27-17-21(29-14-8-9-15-29)20-12-6-7-13-22(20)31-2;/h3-7,10-13,21H,8-9,14-18H2,1-2H3,(H,26,30)(H2,25,27,28);1H. The lowest BCUT2D eigenvalue weighted by Gasteiger charge is -2.30. The van der Waals surface area contributed by atoms with E-state index in [0.717, 1.165) is 30.0 Å². The number of nitrogens with zero attached hydrogens (tertiary/aromatic N) is 2. The minimum atomic E-state index is -0.0763. The van der Waals surface area contributed by atoms with E-state index in [-0.39, 0.29) is 42.5 Å². The first-order valence-corrected chi connectivity index (χ1v) is 10.8. The summed E-state index contributed by atoms with van der Waals surface area (Å²) in [7, 11) is 3.42. The average molecular weight is 551 g/mol. The Morgan fingerprint density at radius 3 is 2.41 bits per heavy atom. The Hall–Kier alpha value is -2.33. The monoisotopic (exact) mass is 551 g/mol. The number of para-hydroxylation sites is 1. The lowest BCUT2D eigenvalue weighted by Crippen LogP contribution is -2.45. The zero-order valence-electron chi connectivity index (χ0n) is 18.8. The quantitative estimate of drug-likeness (QED) is 0.254. The number of halogens is 1. The fourth-order valence-electron chi connectivity index (χ4n) is 3.87. The molecular formula is C24H34IN5O2. The third-order valence-corrected chi connectivity index (χ3v) is 5.51. The Labute approximate surface area is 208 Å². The number of benzene rings is 2. The van der Waals surface area contributed by atoms with Crippen molar-refractivity contribution in [3.8, 4) is 5.75 Å². The molecule has 0 saturated carbocycles. The van der Waals surface area contributed by atoms with E-state index in [9.17, 15) is 4.79 Å². The van der Waals surface area contributed by atoms with Crippen molar-refractivity contribution in [1.29, 1.82) is 0 Å². The fraction of sp³-hybridized carbons (Fsp3) is 0.417. The first-order chi connectivity index (χ1) is 15.2. The number of aliphatic imine (C=N–C) groups is 1. The van der Waals surface area contributed by atoms with Crippen molar-refractivity contribution in [1.82, 2.24) is 20.9 Å². The van der Waals surface area contributed by atoms with Gasteiger partial charge in [-0.05, 0) is 37.6 Å². The van der Waals surface area contributed by atoms with E-state index >= 15 is 0 Å². The molecule has 0 aliphatic carbocycles. The van der Waals surface area contributed by atoms with Crippen LogP contribution in [0.1, 0.15) is 30.0 Å². The van der Waals surface area contributed by atoms with Crippen LogP contribution in [0, 0.1) is 0 Å². The summed E-state index contributed by atoms with van der Waals surface area (Å²) in [5.74, 6) is 1.42. The second-order valence-electron chi connectivity index (χ2n) is 7.57. The molecule has 1 atom stereocenters. The molecule has 2 aromatic rings. The molecule has 7 nitrogen and oxygen atoms in total. The van der Waals surface area contributed by atoms with Crippen LogP contribution in [-0.4, -0.2) is 57.1 Å². The van der Waals surface area contributed by atoms with Gasteiger partial charge in [0.1, 0.15) is 5.75 Å². The highest BCUT2D eigenvalue weighted by atomic mass is 127. The van der Waals surface area contributed by atoms with Gasteiger partial charge in [-0.25, -0.2) is 0 Å². The SMILES string of the molecule is CN=C(NCC(=O)NCc1ccccc1)NCC(c1ccccc1OC)N1CCCC1.I. The minimum Gasteiger partial charge on any atom is -0.496 e. The molecule has 8 heteroatoms. The van der Waals surface area contributed by atoms with Crippen molar-refractivity contribution in [2.75, 3.05) is 40.3 Å². The van der Waals surface area contributed by atoms with Crippen LogP contribution in [0.25, 0.3) is 0 Å². The van der Waals surface area contributed by atoms with Gasteiger partial charge in [-0.1, -0.05) is 48.5 Å². The summed E-state index contributed by atoms with van der Waals surface area (Å²) < 4.78 is 5.61. The number of ether oxygens (including phenoxy) is 1. The first-order valence-electron chi connectivity index (χ1n) is 10.8. The van der Waals surface area contributed by atoms with E-state index in [1.54, 1.807) is 14.2 Å². The summed E-state index contributed by atoms with van der Waals surface area (Å²) >= 11 is 0. The molecule has 1 aliphatic heterocycles. The van der Waals surface area contributed by atoms with E-state index in [0.29, 0.717) is 19.0 Å². The van der Waals surface area contributed by atoms with Crippen molar-refractivity contribution < 1.29 is 9.53 Å². The lowest BCUT2D eigenvalue weighted by molar-refractivity contribution is -0.120. The molecule has 0 radical (unpaired) electrons. The molecule has 1 fully saturated rings. The van der Waals surface area contributed by atoms with E-state index in [1.165, 1.54) is 12.8 Å². The number of rotatable bonds is 9. The van der Waals surface area contributed by atoms with Gasteiger partial charge in [0, 0.05) is 25.7 Å². The predicted octanol–water partition coefficient (Wildman–Crippen LogP) is 2.93. The number of nitrogens with one attached hydrogen (secondary N) is 3. The number of methoxy groups -OCH3 is 1. The molecule has 1 heterocycles. The van der Waals surface area contributed by atoms with Crippen molar-refractivity contribution in [2.45, 2.75) is 25.4 Å². The molecule has 32 heavy (non-hydrogen) atoms. The molecule has 174 valence electrons. The Balaban J connectivity index is 0.00000363. The van der Waals surface area contributed by atoms with Gasteiger partial charge in [-0.3, -0.25) is 14.7 Å². The van der Waals surface area contributed by atoms with Crippen LogP contribution in [0.5, 0.6) is 5.75 Å². The number of hydrogen-bond acceptors (Lipinski definition) is 4. The molecule has 0 aromatic heterocycles. The number of carbonyl (C=O) groups excluding carboxylic acids is 1. The van der Waals surface area contributed by atoms with E-state index in [2.05, 4.69) is 31.9 Å². The summed E-state index contributed by atoms with van der Waals surface area (Å²) in [5, 5.41) is 9.42. The maximum Gasteiger partial charge on any atom is 0.239 e. The van der Waals surface area contributed by atoms with Gasteiger partial charge < -0.3 is 20.7 Å². The van der Waals surface area contributed by atoms with Crippen molar-refractivity contribution >= 4 is 35.8 Å². The number of amides is 1. The number of likely N-dealkylation sites (tertiary alicyclic amines) is 1. The maximum atomic E-state index is 12.2. The van der Waals surface area contributed by atoms with Crippen LogP contribution >= 0.6 is 24.0 Å². The fourth-order valence-corrected chi connectivity index (χ4v) is 3.87. The summed E-state index contributed by atoms with van der Waals surface area (Å²) in [6.45, 7) is 3.48. The van der Waals surface area contributed by atoms with Crippen LogP contribution in [-0.2, 0) is 11.3 Å². The van der Waals surface area contributed by atoms with Gasteiger partial charge >= 0.3 is 0 Å². The molecule has 1 saturated heterocycles. The molecule has 1 unspecified atom stereocenters. The normalized spacial score (nSPS) is 14.9. The second kappa shape index (κ2) is 13.9. The van der Waals surface area contributed by atoms with Gasteiger partial charge in [0.2, 0.25) is 5.91 Å². The highest BCUT2D eigenvalue weighted by molar-refractivity contribution is 14.0. The Bertz CT molecular complexity index is 856. The van der Waals surface area contributed by atoms with Gasteiger partial charge in [0.25, 0.3) is 0 Å². The smallest absolute Gasteiger partial charge is 0.239 e. The Morgan fingerprint density at radius 2 is 1.72 bits per heavy atom. The molecule has 3 N–H and O–H groups in total. The zero-order valence-corrected chi connectivity index (χ0v) is 21.2. The highest BCUT2D eigenvalue weighted by Crippen LogP contribution is 2.31. The van der Waals surface area contributed by atoms with Gasteiger partial charge in [-0.15, -0.1) is 24.0 Å². The number of hydrogen-bond donors (Lipinski definition) is 3. The molecule has 0 spiro atoms. The third kappa shape index (κ3) is 7.67. The minimum absolute atomic E-state index is 0. The number of guanidine groups is 1. The summed E-state index contributed by atoms with van der Waals surface area (Å²) in [6.07, 6.45) is 2.42. The Kier molecular flexibility index (Phi) is 11.3. The maximum absolute atomic E-state index is 12.2. The van der Waals surface area contributed by atoms with Crippen LogP contribution in [0.3, 0.4) is 0 Å². The predicted molar refractivity (Wildman–Crippen MR) is 140 cm³/mol. The van der Waals surface area contributed by atoms with Gasteiger partial charge in [-0.2, -0.15) is 0 Å². The Morgan fingerprint density at radius 1 is 1.03 bits per heavy atom. The van der Waals surface area contributed by atoms with Crippen LogP contribution in [0.4, 0.5) is 0 Å². The molecule has 3 rings (SSSR count). The third-order valence-electron chi connectivity index (χ3n) is 5.51. The largest absolute Gasteiger partial charge is 0.496 e. The summed E-state index contributed by atoms with van der Waals surface area (Å²) in [4.78, 5) is 19.0. The highest BCUT2D eigenvalue weighted by Gasteiger charge is 2.26. The van der Waals surface area contributed by atoms with Crippen molar-refractivity contribution in [3.63, 3.8) is 0 Å². The lowest BCUT2D eigenvalue weighted by atomic mass is 10.0. The van der Waals surface area contributed by atoms with E-state index < -0.39 is 0 Å². The average Bonchev–Trinajstić information content (AvgIpc) is 3.35. The molecule has 1 amide bonds. The van der Waals surface area contributed by atoms with Crippen molar-refractivity contribution in [2.24, 2.45) is 4.99 Å². The number of carbonyl (C=O) groups is 1. The second-order valence-corrected chi connectivity index (χ2v) is 7.57. The van der Waals surface area contributed by atoms with Gasteiger partial charge in [0.15, 0.2) is 5.96 Å². The molecule has 2 aromatic carbocycles. The van der Waals surface area contributed by atoms with Crippen LogP contribution < -0.4 is 20.7 Å². The topological polar surface area (TPSA) is 78.0 Å². The summed E-state index contributed by atoms with van der Waals surface area (Å²) in [5.41, 5.74) is 2.24. The van der Waals surface area contributed by atoms with Crippen LogP contribution in [0.15, 0.2) is 59.6 Å². The van der Waals surface area contributed by atoms with Gasteiger partial charge in [0.05, 0.1) is 19.7 Å².